The molecule has 3 aliphatic rings. The molecule has 2 heterocycles. The zero-order valence-electron chi connectivity index (χ0n) is 14.8. The van der Waals surface area contributed by atoms with Crippen molar-refractivity contribution >= 4 is 5.96 Å². The number of hydrogen-bond donors (Lipinski definition) is 2. The number of hydrogen-bond acceptors (Lipinski definition) is 4. The van der Waals surface area contributed by atoms with Crippen LogP contribution in [0, 0.1) is 0 Å². The Morgan fingerprint density at radius 2 is 1.92 bits per heavy atom. The van der Waals surface area contributed by atoms with Crippen molar-refractivity contribution < 1.29 is 13.9 Å². The highest BCUT2D eigenvalue weighted by molar-refractivity contribution is 5.80. The largest absolute Gasteiger partial charge is 0.469 e. The second kappa shape index (κ2) is 7.79. The third-order valence-corrected chi connectivity index (χ3v) is 5.49. The van der Waals surface area contributed by atoms with Gasteiger partial charge < -0.3 is 24.5 Å². The smallest absolute Gasteiger partial charge is 0.191 e. The highest BCUT2D eigenvalue weighted by Crippen LogP contribution is 2.37. The van der Waals surface area contributed by atoms with Gasteiger partial charge in [0.15, 0.2) is 11.7 Å². The number of nitrogens with zero attached hydrogens (tertiary/aromatic N) is 1. The van der Waals surface area contributed by atoms with Gasteiger partial charge in [-0.25, -0.2) is 0 Å². The average molecular weight is 347 g/mol. The fourth-order valence-corrected chi connectivity index (χ4v) is 4.18. The summed E-state index contributed by atoms with van der Waals surface area (Å²) in [5.74, 6) is 1.57. The fourth-order valence-electron chi connectivity index (χ4n) is 4.18. The SMILES string of the molecule is c1coc(CCN=C(NC2CCCC2)NC2CCC3(C2)OCCO3)c1. The predicted octanol–water partition coefficient (Wildman–Crippen LogP) is 2.60. The minimum absolute atomic E-state index is 0.343. The molecule has 25 heavy (non-hydrogen) atoms. The van der Waals surface area contributed by atoms with Gasteiger partial charge in [-0.3, -0.25) is 4.99 Å². The van der Waals surface area contributed by atoms with Gasteiger partial charge in [0.05, 0.1) is 19.5 Å². The molecular weight excluding hydrogens is 318 g/mol. The number of aliphatic imine (C=N–C) groups is 1. The molecule has 4 rings (SSSR count). The van der Waals surface area contributed by atoms with Crippen LogP contribution in [0.3, 0.4) is 0 Å². The number of nitrogens with one attached hydrogen (secondary N) is 2. The van der Waals surface area contributed by atoms with Crippen LogP contribution in [-0.4, -0.2) is 43.6 Å². The molecule has 1 spiro atoms. The second-order valence-corrected chi connectivity index (χ2v) is 7.38. The zero-order chi connectivity index (χ0) is 17.0. The Morgan fingerprint density at radius 3 is 2.68 bits per heavy atom. The highest BCUT2D eigenvalue weighted by Gasteiger charge is 2.44. The lowest BCUT2D eigenvalue weighted by molar-refractivity contribution is -0.151. The molecule has 6 heteroatoms. The van der Waals surface area contributed by atoms with Gasteiger partial charge in [0.1, 0.15) is 5.76 Å². The summed E-state index contributed by atoms with van der Waals surface area (Å²) in [6.45, 7) is 2.16. The van der Waals surface area contributed by atoms with Crippen LogP contribution >= 0.6 is 0 Å². The predicted molar refractivity (Wildman–Crippen MR) is 95.5 cm³/mol. The molecule has 0 radical (unpaired) electrons. The standard InChI is InChI=1S/C19H29N3O3/c1-2-5-15(4-1)21-18(20-10-8-17-6-3-11-23-17)22-16-7-9-19(14-16)24-12-13-25-19/h3,6,11,15-16H,1-2,4-5,7-10,12-14H2,(H2,20,21,22). The van der Waals surface area contributed by atoms with E-state index in [0.29, 0.717) is 12.1 Å². The molecule has 2 N–H and O–H groups in total. The van der Waals surface area contributed by atoms with E-state index in [9.17, 15) is 0 Å². The van der Waals surface area contributed by atoms with Gasteiger partial charge in [-0.15, -0.1) is 0 Å². The molecular formula is C19H29N3O3. The molecule has 1 aromatic heterocycles. The monoisotopic (exact) mass is 347 g/mol. The minimum Gasteiger partial charge on any atom is -0.469 e. The third kappa shape index (κ3) is 4.36. The number of rotatable bonds is 5. The van der Waals surface area contributed by atoms with Crippen LogP contribution in [0.5, 0.6) is 0 Å². The third-order valence-electron chi connectivity index (χ3n) is 5.49. The summed E-state index contributed by atoms with van der Waals surface area (Å²) in [5.41, 5.74) is 0. The normalized spacial score (nSPS) is 26.6. The Bertz CT molecular complexity index is 560. The second-order valence-electron chi connectivity index (χ2n) is 7.38. The van der Waals surface area contributed by atoms with Gasteiger partial charge in [0, 0.05) is 37.9 Å². The molecule has 6 nitrogen and oxygen atoms in total. The molecule has 1 saturated heterocycles. The van der Waals surface area contributed by atoms with Gasteiger partial charge in [-0.1, -0.05) is 12.8 Å². The van der Waals surface area contributed by atoms with Crippen molar-refractivity contribution in [3.05, 3.63) is 24.2 Å². The van der Waals surface area contributed by atoms with Gasteiger partial charge in [0.2, 0.25) is 0 Å². The first-order valence-electron chi connectivity index (χ1n) is 9.69. The molecule has 1 aromatic rings. The lowest BCUT2D eigenvalue weighted by Gasteiger charge is -2.24. The topological polar surface area (TPSA) is 68.0 Å². The molecule has 0 aromatic carbocycles. The van der Waals surface area contributed by atoms with E-state index in [1.54, 1.807) is 6.26 Å². The Balaban J connectivity index is 1.34. The van der Waals surface area contributed by atoms with E-state index < -0.39 is 0 Å². The van der Waals surface area contributed by atoms with E-state index in [1.807, 2.05) is 12.1 Å². The summed E-state index contributed by atoms with van der Waals surface area (Å²) in [4.78, 5) is 4.79. The van der Waals surface area contributed by atoms with Crippen LogP contribution < -0.4 is 10.6 Å². The lowest BCUT2D eigenvalue weighted by atomic mass is 10.2. The molecule has 1 atom stereocenters. The van der Waals surface area contributed by atoms with Crippen molar-refractivity contribution in [1.82, 2.24) is 10.6 Å². The van der Waals surface area contributed by atoms with Gasteiger partial charge in [-0.05, 0) is 31.4 Å². The quantitative estimate of drug-likeness (QED) is 0.633. The number of guanidine groups is 1. The van der Waals surface area contributed by atoms with E-state index in [0.717, 1.165) is 57.2 Å². The molecule has 0 amide bonds. The number of furan rings is 1. The lowest BCUT2D eigenvalue weighted by Crippen LogP contribution is -2.47. The maximum atomic E-state index is 5.84. The summed E-state index contributed by atoms with van der Waals surface area (Å²) in [5, 5.41) is 7.25. The van der Waals surface area contributed by atoms with Crippen LogP contribution in [0.4, 0.5) is 0 Å². The summed E-state index contributed by atoms with van der Waals surface area (Å²) in [6.07, 6.45) is 10.6. The van der Waals surface area contributed by atoms with E-state index in [1.165, 1.54) is 25.7 Å². The van der Waals surface area contributed by atoms with E-state index in [4.69, 9.17) is 18.9 Å². The molecule has 2 aliphatic carbocycles. The zero-order valence-corrected chi connectivity index (χ0v) is 14.8. The maximum Gasteiger partial charge on any atom is 0.191 e. The van der Waals surface area contributed by atoms with Crippen molar-refractivity contribution in [2.24, 2.45) is 4.99 Å². The Morgan fingerprint density at radius 1 is 1.12 bits per heavy atom. The summed E-state index contributed by atoms with van der Waals surface area (Å²) >= 11 is 0. The van der Waals surface area contributed by atoms with Crippen molar-refractivity contribution in [2.75, 3.05) is 19.8 Å². The van der Waals surface area contributed by atoms with Gasteiger partial charge >= 0.3 is 0 Å². The van der Waals surface area contributed by atoms with Gasteiger partial charge in [-0.2, -0.15) is 0 Å². The van der Waals surface area contributed by atoms with E-state index >= 15 is 0 Å². The molecule has 1 aliphatic heterocycles. The molecule has 138 valence electrons. The summed E-state index contributed by atoms with van der Waals surface area (Å²) < 4.78 is 17.1. The Labute approximate surface area is 149 Å². The summed E-state index contributed by atoms with van der Waals surface area (Å²) in [6, 6.07) is 4.83. The van der Waals surface area contributed by atoms with Crippen LogP contribution in [0.1, 0.15) is 50.7 Å². The van der Waals surface area contributed by atoms with E-state index in [2.05, 4.69) is 10.6 Å². The van der Waals surface area contributed by atoms with Crippen LogP contribution in [0.15, 0.2) is 27.8 Å². The van der Waals surface area contributed by atoms with Gasteiger partial charge in [0.25, 0.3) is 0 Å². The minimum atomic E-state index is -0.343. The van der Waals surface area contributed by atoms with Crippen molar-refractivity contribution in [1.29, 1.82) is 0 Å². The van der Waals surface area contributed by atoms with Crippen molar-refractivity contribution in [3.8, 4) is 0 Å². The molecule has 2 saturated carbocycles. The first kappa shape index (κ1) is 16.9. The molecule has 1 unspecified atom stereocenters. The number of ether oxygens (including phenoxy) is 2. The van der Waals surface area contributed by atoms with Crippen LogP contribution in [-0.2, 0) is 15.9 Å². The van der Waals surface area contributed by atoms with Crippen LogP contribution in [0.25, 0.3) is 0 Å². The Kier molecular flexibility index (Phi) is 5.27. The first-order valence-corrected chi connectivity index (χ1v) is 9.69. The van der Waals surface area contributed by atoms with Crippen molar-refractivity contribution in [2.45, 2.75) is 69.2 Å². The first-order chi connectivity index (χ1) is 12.3. The van der Waals surface area contributed by atoms with Crippen molar-refractivity contribution in [3.63, 3.8) is 0 Å². The summed E-state index contributed by atoms with van der Waals surface area (Å²) in [7, 11) is 0. The Hall–Kier alpha value is -1.53. The maximum absolute atomic E-state index is 5.84. The molecule has 0 bridgehead atoms. The van der Waals surface area contributed by atoms with Crippen LogP contribution in [0.2, 0.25) is 0 Å². The van der Waals surface area contributed by atoms with E-state index in [-0.39, 0.29) is 5.79 Å². The average Bonchev–Trinajstić information content (AvgIpc) is 3.39. The molecule has 3 fully saturated rings. The highest BCUT2D eigenvalue weighted by atomic mass is 16.7. The fraction of sp³-hybridized carbons (Fsp3) is 0.737.